The first-order chi connectivity index (χ1) is 14.6. The van der Waals surface area contributed by atoms with Crippen molar-refractivity contribution in [1.29, 1.82) is 0 Å². The van der Waals surface area contributed by atoms with Crippen molar-refractivity contribution in [3.63, 3.8) is 0 Å². The molecule has 1 aromatic carbocycles. The van der Waals surface area contributed by atoms with Gasteiger partial charge in [-0.05, 0) is 37.6 Å². The van der Waals surface area contributed by atoms with E-state index in [2.05, 4.69) is 15.3 Å². The number of carbonyl (C=O) groups excluding carboxylic acids is 2. The monoisotopic (exact) mass is 424 g/mol. The summed E-state index contributed by atoms with van der Waals surface area (Å²) in [6, 6.07) is 11.6. The number of morpholine rings is 1. The van der Waals surface area contributed by atoms with Crippen molar-refractivity contribution in [2.24, 2.45) is 5.92 Å². The molecule has 3 aromatic rings. The molecule has 2 aliphatic rings. The summed E-state index contributed by atoms with van der Waals surface area (Å²) in [5.74, 6) is 1.06. The zero-order valence-electron chi connectivity index (χ0n) is 16.8. The van der Waals surface area contributed by atoms with Crippen LogP contribution >= 0.6 is 11.3 Å². The predicted molar refractivity (Wildman–Crippen MR) is 115 cm³/mol. The van der Waals surface area contributed by atoms with Crippen LogP contribution < -0.4 is 5.32 Å². The van der Waals surface area contributed by atoms with E-state index in [1.165, 1.54) is 11.3 Å². The smallest absolute Gasteiger partial charge is 0.264 e. The Hall–Kier alpha value is -2.71. The van der Waals surface area contributed by atoms with Crippen molar-refractivity contribution in [3.8, 4) is 0 Å². The molecular weight excluding hydrogens is 400 g/mol. The van der Waals surface area contributed by atoms with Gasteiger partial charge in [0.15, 0.2) is 0 Å². The highest BCUT2D eigenvalue weighted by molar-refractivity contribution is 7.14. The maximum atomic E-state index is 12.7. The molecule has 2 N–H and O–H groups in total. The van der Waals surface area contributed by atoms with Gasteiger partial charge < -0.3 is 19.9 Å². The third-order valence-electron chi connectivity index (χ3n) is 5.81. The number of nitrogens with zero attached hydrogens (tertiary/aromatic N) is 2. The SMILES string of the molecule is C[C@@H](NC(=O)[C@@H]1C[C@H]1c1nc2ccccc2[nH]1)c1ccc(C(=O)N2CCOCC2)s1. The number of amides is 2. The molecule has 1 aliphatic carbocycles. The third kappa shape index (κ3) is 3.73. The Morgan fingerprint density at radius 1 is 1.23 bits per heavy atom. The van der Waals surface area contributed by atoms with Crippen LogP contribution in [0.2, 0.25) is 0 Å². The molecule has 1 saturated carbocycles. The molecule has 156 valence electrons. The Balaban J connectivity index is 1.19. The minimum atomic E-state index is -0.134. The maximum Gasteiger partial charge on any atom is 0.264 e. The number of imidazole rings is 1. The molecule has 1 aliphatic heterocycles. The number of aromatic amines is 1. The van der Waals surface area contributed by atoms with Crippen LogP contribution in [0.15, 0.2) is 36.4 Å². The number of ether oxygens (including phenoxy) is 1. The summed E-state index contributed by atoms with van der Waals surface area (Å²) in [5, 5.41) is 3.11. The van der Waals surface area contributed by atoms with E-state index < -0.39 is 0 Å². The van der Waals surface area contributed by atoms with E-state index in [1.54, 1.807) is 0 Å². The van der Waals surface area contributed by atoms with Gasteiger partial charge in [-0.15, -0.1) is 11.3 Å². The summed E-state index contributed by atoms with van der Waals surface area (Å²) in [4.78, 5) is 36.9. The fourth-order valence-electron chi connectivity index (χ4n) is 3.95. The largest absolute Gasteiger partial charge is 0.378 e. The maximum absolute atomic E-state index is 12.7. The quantitative estimate of drug-likeness (QED) is 0.659. The summed E-state index contributed by atoms with van der Waals surface area (Å²) >= 11 is 1.45. The Kier molecular flexibility index (Phi) is 5.04. The van der Waals surface area contributed by atoms with E-state index in [-0.39, 0.29) is 29.7 Å². The van der Waals surface area contributed by atoms with Crippen LogP contribution in [0.5, 0.6) is 0 Å². The molecule has 1 saturated heterocycles. The van der Waals surface area contributed by atoms with E-state index in [1.807, 2.05) is 48.2 Å². The van der Waals surface area contributed by atoms with Gasteiger partial charge in [0.1, 0.15) is 5.82 Å². The number of carbonyl (C=O) groups is 2. The van der Waals surface area contributed by atoms with Crippen LogP contribution in [0.3, 0.4) is 0 Å². The number of hydrogen-bond donors (Lipinski definition) is 2. The van der Waals surface area contributed by atoms with Crippen LogP contribution in [0.1, 0.15) is 45.7 Å². The minimum Gasteiger partial charge on any atom is -0.378 e. The second-order valence-corrected chi connectivity index (χ2v) is 9.04. The van der Waals surface area contributed by atoms with Gasteiger partial charge in [0.05, 0.1) is 35.2 Å². The summed E-state index contributed by atoms with van der Waals surface area (Å²) in [7, 11) is 0. The number of para-hydroxylation sites is 2. The average Bonchev–Trinajstić information content (AvgIpc) is 3.21. The predicted octanol–water partition coefficient (Wildman–Crippen LogP) is 3.08. The number of aromatic nitrogens is 2. The highest BCUT2D eigenvalue weighted by Crippen LogP contribution is 2.47. The standard InChI is InChI=1S/C22H24N4O3S/c1-13(18-6-7-19(30-18)22(28)26-8-10-29-11-9-26)23-21(27)15-12-14(15)20-24-16-4-2-3-5-17(16)25-20/h2-7,13-15H,8-12H2,1H3,(H,23,27)(H,24,25)/t13-,14-,15-/m1/s1. The van der Waals surface area contributed by atoms with Crippen LogP contribution in [0.25, 0.3) is 11.0 Å². The van der Waals surface area contributed by atoms with E-state index in [0.29, 0.717) is 31.2 Å². The van der Waals surface area contributed by atoms with Gasteiger partial charge in [0.25, 0.3) is 5.91 Å². The van der Waals surface area contributed by atoms with Crippen LogP contribution in [-0.4, -0.2) is 53.0 Å². The van der Waals surface area contributed by atoms with Gasteiger partial charge in [-0.3, -0.25) is 9.59 Å². The van der Waals surface area contributed by atoms with Gasteiger partial charge in [-0.2, -0.15) is 0 Å². The van der Waals surface area contributed by atoms with Crippen LogP contribution in [0.4, 0.5) is 0 Å². The number of H-pyrrole nitrogens is 1. The molecule has 2 aromatic heterocycles. The number of nitrogens with one attached hydrogen (secondary N) is 2. The Morgan fingerprint density at radius 2 is 2.03 bits per heavy atom. The first kappa shape index (κ1) is 19.3. The molecule has 30 heavy (non-hydrogen) atoms. The molecule has 8 heteroatoms. The fourth-order valence-corrected chi connectivity index (χ4v) is 4.93. The van der Waals surface area contributed by atoms with Crippen molar-refractivity contribution >= 4 is 34.2 Å². The lowest BCUT2D eigenvalue weighted by atomic mass is 10.2. The van der Waals surface area contributed by atoms with Crippen LogP contribution in [0, 0.1) is 5.92 Å². The first-order valence-electron chi connectivity index (χ1n) is 10.3. The summed E-state index contributed by atoms with van der Waals surface area (Å²) in [6.07, 6.45) is 0.809. The van der Waals surface area contributed by atoms with Crippen molar-refractivity contribution in [2.75, 3.05) is 26.3 Å². The second kappa shape index (κ2) is 7.85. The minimum absolute atomic E-state index is 0.0419. The van der Waals surface area contributed by atoms with Crippen molar-refractivity contribution in [2.45, 2.75) is 25.3 Å². The highest BCUT2D eigenvalue weighted by atomic mass is 32.1. The third-order valence-corrected chi connectivity index (χ3v) is 7.06. The molecule has 3 heterocycles. The number of benzene rings is 1. The zero-order chi connectivity index (χ0) is 20.7. The zero-order valence-corrected chi connectivity index (χ0v) is 17.6. The molecule has 5 rings (SSSR count). The average molecular weight is 425 g/mol. The second-order valence-electron chi connectivity index (χ2n) is 7.92. The van der Waals surface area contributed by atoms with Gasteiger partial charge in [0.2, 0.25) is 5.91 Å². The van der Waals surface area contributed by atoms with Crippen LogP contribution in [-0.2, 0) is 9.53 Å². The van der Waals surface area contributed by atoms with E-state index in [4.69, 9.17) is 4.74 Å². The summed E-state index contributed by atoms with van der Waals surface area (Å²) in [5.41, 5.74) is 1.94. The van der Waals surface area contributed by atoms with Crippen molar-refractivity contribution < 1.29 is 14.3 Å². The molecule has 3 atom stereocenters. The Morgan fingerprint density at radius 3 is 2.83 bits per heavy atom. The molecule has 0 bridgehead atoms. The highest BCUT2D eigenvalue weighted by Gasteiger charge is 2.46. The number of hydrogen-bond acceptors (Lipinski definition) is 5. The molecule has 7 nitrogen and oxygen atoms in total. The Bertz CT molecular complexity index is 1050. The van der Waals surface area contributed by atoms with E-state index in [0.717, 1.165) is 28.2 Å². The summed E-state index contributed by atoms with van der Waals surface area (Å²) < 4.78 is 5.31. The topological polar surface area (TPSA) is 87.3 Å². The van der Waals surface area contributed by atoms with Crippen molar-refractivity contribution in [3.05, 3.63) is 52.0 Å². The summed E-state index contributed by atoms with van der Waals surface area (Å²) in [6.45, 7) is 4.40. The fraction of sp³-hybridized carbons (Fsp3) is 0.409. The molecule has 0 radical (unpaired) electrons. The lowest BCUT2D eigenvalue weighted by Gasteiger charge is -2.26. The van der Waals surface area contributed by atoms with Gasteiger partial charge in [-0.25, -0.2) is 4.98 Å². The number of thiophene rings is 1. The first-order valence-corrected chi connectivity index (χ1v) is 11.1. The Labute approximate surface area is 178 Å². The lowest BCUT2D eigenvalue weighted by molar-refractivity contribution is -0.123. The molecular formula is C22H24N4O3S. The molecule has 2 amide bonds. The van der Waals surface area contributed by atoms with E-state index in [9.17, 15) is 9.59 Å². The van der Waals surface area contributed by atoms with E-state index >= 15 is 0 Å². The van der Waals surface area contributed by atoms with Gasteiger partial charge in [0, 0.05) is 29.8 Å². The number of rotatable bonds is 5. The van der Waals surface area contributed by atoms with Crippen molar-refractivity contribution in [1.82, 2.24) is 20.2 Å². The normalized spacial score (nSPS) is 22.1. The van der Waals surface area contributed by atoms with Gasteiger partial charge in [-0.1, -0.05) is 12.1 Å². The molecule has 2 fully saturated rings. The molecule has 0 unspecified atom stereocenters. The van der Waals surface area contributed by atoms with Gasteiger partial charge >= 0.3 is 0 Å². The number of fused-ring (bicyclic) bond motifs is 1. The lowest BCUT2D eigenvalue weighted by Crippen LogP contribution is -2.40. The molecule has 0 spiro atoms.